The third-order valence-electron chi connectivity index (χ3n) is 3.62. The van der Waals surface area contributed by atoms with Crippen LogP contribution < -0.4 is 10.0 Å². The summed E-state index contributed by atoms with van der Waals surface area (Å²) in [6.07, 6.45) is -5.30. The first-order valence-electron chi connectivity index (χ1n) is 7.24. The van der Waals surface area contributed by atoms with Crippen molar-refractivity contribution in [2.45, 2.75) is 23.9 Å². The molecule has 2 aromatic carbocycles. The average Bonchev–Trinajstić information content (AvgIpc) is 2.86. The van der Waals surface area contributed by atoms with Crippen LogP contribution >= 0.6 is 0 Å². The molecule has 0 atom stereocenters. The number of nitrogens with one attached hydrogen (secondary N) is 2. The summed E-state index contributed by atoms with van der Waals surface area (Å²) in [5.41, 5.74) is 1.34. The topological polar surface area (TPSA) is 75.3 Å². The fourth-order valence-corrected chi connectivity index (χ4v) is 3.62. The summed E-state index contributed by atoms with van der Waals surface area (Å²) < 4.78 is 64.1. The number of alkyl halides is 3. The van der Waals surface area contributed by atoms with E-state index in [-0.39, 0.29) is 28.5 Å². The van der Waals surface area contributed by atoms with Crippen LogP contribution in [0.4, 0.5) is 24.5 Å². The summed E-state index contributed by atoms with van der Waals surface area (Å²) in [6.45, 7) is 0. The molecule has 0 saturated carbocycles. The third-order valence-corrected chi connectivity index (χ3v) is 5.00. The van der Waals surface area contributed by atoms with Gasteiger partial charge in [0.2, 0.25) is 5.91 Å². The number of rotatable bonds is 4. The number of carbonyl (C=O) groups excluding carboxylic acids is 1. The van der Waals surface area contributed by atoms with Gasteiger partial charge in [-0.2, -0.15) is 13.2 Å². The maximum absolute atomic E-state index is 12.4. The second-order valence-electron chi connectivity index (χ2n) is 5.64. The van der Waals surface area contributed by atoms with Crippen LogP contribution in [0, 0.1) is 0 Å². The van der Waals surface area contributed by atoms with E-state index in [1.807, 2.05) is 0 Å². The van der Waals surface area contributed by atoms with Crippen molar-refractivity contribution in [3.63, 3.8) is 0 Å². The Hall–Kier alpha value is -2.55. The Bertz CT molecular complexity index is 923. The Balaban J connectivity index is 1.78. The van der Waals surface area contributed by atoms with Gasteiger partial charge in [-0.05, 0) is 41.5 Å². The van der Waals surface area contributed by atoms with Gasteiger partial charge in [-0.25, -0.2) is 8.42 Å². The number of halogens is 3. The molecule has 1 amide bonds. The number of benzene rings is 2. The van der Waals surface area contributed by atoms with Crippen molar-refractivity contribution in [1.82, 2.24) is 0 Å². The van der Waals surface area contributed by atoms with Gasteiger partial charge in [0.1, 0.15) is 0 Å². The van der Waals surface area contributed by atoms with E-state index in [0.717, 1.165) is 0 Å². The van der Waals surface area contributed by atoms with Gasteiger partial charge in [-0.1, -0.05) is 12.1 Å². The summed E-state index contributed by atoms with van der Waals surface area (Å²) in [4.78, 5) is 11.3. The molecule has 0 spiro atoms. The van der Waals surface area contributed by atoms with Gasteiger partial charge in [-0.3, -0.25) is 9.52 Å². The fraction of sp³-hybridized carbons (Fsp3) is 0.188. The number of amides is 1. The van der Waals surface area contributed by atoms with Crippen molar-refractivity contribution >= 4 is 27.3 Å². The molecule has 5 nitrogen and oxygen atoms in total. The zero-order valence-electron chi connectivity index (χ0n) is 12.7. The Kier molecular flexibility index (Phi) is 4.19. The number of fused-ring (bicyclic) bond motifs is 1. The van der Waals surface area contributed by atoms with Crippen LogP contribution in [0.2, 0.25) is 0 Å². The van der Waals surface area contributed by atoms with Crippen LogP contribution in [0.5, 0.6) is 0 Å². The van der Waals surface area contributed by atoms with E-state index < -0.39 is 22.6 Å². The minimum atomic E-state index is -4.32. The quantitative estimate of drug-likeness (QED) is 0.869. The van der Waals surface area contributed by atoms with Crippen LogP contribution in [0.3, 0.4) is 0 Å². The van der Waals surface area contributed by atoms with Gasteiger partial charge in [0, 0.05) is 11.4 Å². The highest BCUT2D eigenvalue weighted by molar-refractivity contribution is 7.92. The highest BCUT2D eigenvalue weighted by Gasteiger charge is 2.27. The van der Waals surface area contributed by atoms with Crippen molar-refractivity contribution in [3.8, 4) is 0 Å². The Morgan fingerprint density at radius 2 is 1.76 bits per heavy atom. The van der Waals surface area contributed by atoms with Crippen molar-refractivity contribution in [2.24, 2.45) is 0 Å². The summed E-state index contributed by atoms with van der Waals surface area (Å²) in [6, 6.07) is 9.24. The first-order chi connectivity index (χ1) is 11.6. The lowest BCUT2D eigenvalue weighted by Crippen LogP contribution is -2.14. The molecule has 0 fully saturated rings. The molecule has 1 aliphatic rings. The molecule has 0 bridgehead atoms. The van der Waals surface area contributed by atoms with Crippen molar-refractivity contribution < 1.29 is 26.4 Å². The molecule has 3 rings (SSSR count). The van der Waals surface area contributed by atoms with Crippen molar-refractivity contribution in [1.29, 1.82) is 0 Å². The lowest BCUT2D eigenvalue weighted by atomic mass is 10.1. The number of anilines is 2. The van der Waals surface area contributed by atoms with Crippen molar-refractivity contribution in [2.75, 3.05) is 10.0 Å². The molecule has 0 radical (unpaired) electrons. The van der Waals surface area contributed by atoms with Crippen LogP contribution in [-0.4, -0.2) is 20.5 Å². The Morgan fingerprint density at radius 3 is 2.40 bits per heavy atom. The normalized spacial score (nSPS) is 14.1. The van der Waals surface area contributed by atoms with E-state index in [1.165, 1.54) is 42.5 Å². The zero-order chi connectivity index (χ0) is 18.2. The first-order valence-corrected chi connectivity index (χ1v) is 8.72. The summed E-state index contributed by atoms with van der Waals surface area (Å²) >= 11 is 0. The highest BCUT2D eigenvalue weighted by Crippen LogP contribution is 2.27. The SMILES string of the molecule is O=C1Cc2cc(S(=O)(=O)Nc3ccc(CC(F)(F)F)cc3)ccc2N1. The van der Waals surface area contributed by atoms with E-state index in [2.05, 4.69) is 10.0 Å². The summed E-state index contributed by atoms with van der Waals surface area (Å²) in [5, 5.41) is 2.60. The van der Waals surface area contributed by atoms with Crippen molar-refractivity contribution in [3.05, 3.63) is 53.6 Å². The van der Waals surface area contributed by atoms with Crippen LogP contribution in [0.1, 0.15) is 11.1 Å². The molecule has 1 aliphatic heterocycles. The van der Waals surface area contributed by atoms with Gasteiger partial charge in [-0.15, -0.1) is 0 Å². The fourth-order valence-electron chi connectivity index (χ4n) is 2.51. The van der Waals surface area contributed by atoms with Gasteiger partial charge in [0.25, 0.3) is 10.0 Å². The summed E-state index contributed by atoms with van der Waals surface area (Å²) in [5.74, 6) is -0.210. The van der Waals surface area contributed by atoms with E-state index in [4.69, 9.17) is 0 Å². The van der Waals surface area contributed by atoms with E-state index in [0.29, 0.717) is 11.3 Å². The molecule has 25 heavy (non-hydrogen) atoms. The number of hydrogen-bond donors (Lipinski definition) is 2. The predicted molar refractivity (Wildman–Crippen MR) is 85.8 cm³/mol. The van der Waals surface area contributed by atoms with Gasteiger partial charge in [0.05, 0.1) is 17.7 Å². The zero-order valence-corrected chi connectivity index (χ0v) is 13.5. The molecule has 0 saturated heterocycles. The standard InChI is InChI=1S/C16H13F3N2O3S/c17-16(18,19)9-10-1-3-12(4-2-10)21-25(23,24)13-5-6-14-11(7-13)8-15(22)20-14/h1-7,21H,8-9H2,(H,20,22). The molecular formula is C16H13F3N2O3S. The second-order valence-corrected chi connectivity index (χ2v) is 7.32. The van der Waals surface area contributed by atoms with Crippen LogP contribution in [0.15, 0.2) is 47.4 Å². The smallest absolute Gasteiger partial charge is 0.326 e. The Labute approximate surface area is 141 Å². The van der Waals surface area contributed by atoms with Gasteiger partial charge >= 0.3 is 6.18 Å². The van der Waals surface area contributed by atoms with Crippen LogP contribution in [-0.2, 0) is 27.7 Å². The van der Waals surface area contributed by atoms with Gasteiger partial charge in [0.15, 0.2) is 0 Å². The average molecular weight is 370 g/mol. The van der Waals surface area contributed by atoms with Crippen LogP contribution in [0.25, 0.3) is 0 Å². The molecule has 2 N–H and O–H groups in total. The first kappa shape index (κ1) is 17.3. The maximum Gasteiger partial charge on any atom is 0.393 e. The molecule has 0 aliphatic carbocycles. The lowest BCUT2D eigenvalue weighted by molar-refractivity contribution is -0.127. The monoisotopic (exact) mass is 370 g/mol. The molecule has 0 aromatic heterocycles. The molecule has 2 aromatic rings. The number of carbonyl (C=O) groups is 1. The Morgan fingerprint density at radius 1 is 1.08 bits per heavy atom. The van der Waals surface area contributed by atoms with E-state index in [9.17, 15) is 26.4 Å². The largest absolute Gasteiger partial charge is 0.393 e. The van der Waals surface area contributed by atoms with E-state index >= 15 is 0 Å². The second kappa shape index (κ2) is 6.07. The maximum atomic E-state index is 12.4. The summed E-state index contributed by atoms with van der Waals surface area (Å²) in [7, 11) is -3.91. The number of sulfonamides is 1. The number of hydrogen-bond acceptors (Lipinski definition) is 3. The molecule has 132 valence electrons. The van der Waals surface area contributed by atoms with Gasteiger partial charge < -0.3 is 5.32 Å². The minimum absolute atomic E-state index is 0.0258. The predicted octanol–water partition coefficient (Wildman–Crippen LogP) is 3.09. The molecule has 1 heterocycles. The molecular weight excluding hydrogens is 357 g/mol. The third kappa shape index (κ3) is 4.11. The molecule has 0 unspecified atom stereocenters. The van der Waals surface area contributed by atoms with E-state index in [1.54, 1.807) is 0 Å². The lowest BCUT2D eigenvalue weighted by Gasteiger charge is -2.11. The highest BCUT2D eigenvalue weighted by atomic mass is 32.2. The molecule has 9 heteroatoms. The minimum Gasteiger partial charge on any atom is -0.326 e.